The summed E-state index contributed by atoms with van der Waals surface area (Å²) < 4.78 is 17.6. The van der Waals surface area contributed by atoms with Crippen LogP contribution in [0.3, 0.4) is 0 Å². The molecule has 13 heteroatoms. The molecule has 0 bridgehead atoms. The topological polar surface area (TPSA) is 150 Å². The van der Waals surface area contributed by atoms with Crippen LogP contribution in [0.2, 0.25) is 0 Å². The molecule has 2 aromatic rings. The first-order valence-corrected chi connectivity index (χ1v) is 14.1. The Morgan fingerprint density at radius 1 is 1.27 bits per heavy atom. The molecule has 2 aliphatic heterocycles. The van der Waals surface area contributed by atoms with E-state index in [1.165, 1.54) is 16.0 Å². The molecule has 1 aromatic heterocycles. The molecule has 0 spiro atoms. The lowest BCUT2D eigenvalue weighted by Gasteiger charge is -2.35. The molecule has 0 radical (unpaired) electrons. The molecule has 0 unspecified atom stereocenters. The Hall–Kier alpha value is -3.87. The molecular weight excluding hydrogens is 533 g/mol. The van der Waals surface area contributed by atoms with Crippen molar-refractivity contribution in [2.45, 2.75) is 71.1 Å². The van der Waals surface area contributed by atoms with Crippen LogP contribution in [-0.4, -0.2) is 88.5 Å². The third-order valence-electron chi connectivity index (χ3n) is 7.83. The summed E-state index contributed by atoms with van der Waals surface area (Å²) in [5, 5.41) is 16.0. The van der Waals surface area contributed by atoms with Crippen molar-refractivity contribution >= 4 is 29.3 Å². The van der Waals surface area contributed by atoms with Gasteiger partial charge in [-0.3, -0.25) is 24.1 Å². The van der Waals surface area contributed by atoms with E-state index in [2.05, 4.69) is 26.0 Å². The Labute approximate surface area is 238 Å². The van der Waals surface area contributed by atoms with Crippen LogP contribution in [0.25, 0.3) is 0 Å². The van der Waals surface area contributed by atoms with E-state index in [-0.39, 0.29) is 44.0 Å². The van der Waals surface area contributed by atoms with E-state index in [0.29, 0.717) is 31.4 Å². The molecule has 2 aliphatic rings. The zero-order valence-electron chi connectivity index (χ0n) is 23.7. The van der Waals surface area contributed by atoms with Crippen LogP contribution in [0.4, 0.5) is 10.1 Å². The second-order valence-electron chi connectivity index (χ2n) is 10.4. The van der Waals surface area contributed by atoms with Crippen molar-refractivity contribution in [2.24, 2.45) is 5.92 Å². The van der Waals surface area contributed by atoms with Crippen molar-refractivity contribution in [2.75, 3.05) is 31.3 Å². The highest BCUT2D eigenvalue weighted by atomic mass is 19.1. The van der Waals surface area contributed by atoms with Gasteiger partial charge in [0.1, 0.15) is 37.1 Å². The average Bonchev–Trinajstić information content (AvgIpc) is 3.61. The minimum atomic E-state index is -0.894. The number of ether oxygens (including phenoxy) is 1. The van der Waals surface area contributed by atoms with Gasteiger partial charge < -0.3 is 20.3 Å². The van der Waals surface area contributed by atoms with Crippen molar-refractivity contribution in [1.29, 1.82) is 0 Å². The number of nitrogens with zero attached hydrogens (tertiary/aromatic N) is 4. The summed E-state index contributed by atoms with van der Waals surface area (Å²) in [6.07, 6.45) is 3.35. The molecule has 222 valence electrons. The standard InChI is InChI=1S/C28H38FN7O5/c1-4-17(3)24(35(5-2)23(37)16-41-12-11-29)27(39)32-21-10-9-18-7-6-8-19-13-22(36(25(18)19)28(21)40)26(38)30-14-20-15-31-34-33-20/h6-8,15,17,21-22,24H,4-5,9-14,16H2,1-3H3,(H,30,38)(H,32,39)(H,31,33,34)/t17-,21-,22-,24-/m0/s1. The molecule has 3 heterocycles. The maximum atomic E-state index is 14.0. The number of para-hydroxylation sites is 1. The monoisotopic (exact) mass is 571 g/mol. The van der Waals surface area contributed by atoms with E-state index in [1.54, 1.807) is 6.92 Å². The normalized spacial score (nSPS) is 19.2. The van der Waals surface area contributed by atoms with E-state index in [1.807, 2.05) is 32.0 Å². The second-order valence-corrected chi connectivity index (χ2v) is 10.4. The lowest BCUT2D eigenvalue weighted by atomic mass is 9.95. The van der Waals surface area contributed by atoms with Gasteiger partial charge >= 0.3 is 0 Å². The number of hydrogen-bond donors (Lipinski definition) is 3. The number of aryl methyl sites for hydroxylation is 1. The number of anilines is 1. The lowest BCUT2D eigenvalue weighted by molar-refractivity contribution is -0.146. The van der Waals surface area contributed by atoms with Gasteiger partial charge in [-0.05, 0) is 36.8 Å². The minimum absolute atomic E-state index is 0.156. The number of benzene rings is 1. The van der Waals surface area contributed by atoms with Crippen LogP contribution < -0.4 is 15.5 Å². The highest BCUT2D eigenvalue weighted by Gasteiger charge is 2.45. The number of hydrogen-bond acceptors (Lipinski definition) is 7. The van der Waals surface area contributed by atoms with E-state index in [9.17, 15) is 23.6 Å². The summed E-state index contributed by atoms with van der Waals surface area (Å²) >= 11 is 0. The summed E-state index contributed by atoms with van der Waals surface area (Å²) in [6.45, 7) is 4.70. The molecule has 41 heavy (non-hydrogen) atoms. The molecule has 1 aromatic carbocycles. The molecule has 12 nitrogen and oxygen atoms in total. The van der Waals surface area contributed by atoms with E-state index < -0.39 is 36.6 Å². The van der Waals surface area contributed by atoms with Gasteiger partial charge in [-0.2, -0.15) is 15.4 Å². The first-order valence-electron chi connectivity index (χ1n) is 14.1. The van der Waals surface area contributed by atoms with Crippen molar-refractivity contribution in [3.63, 3.8) is 0 Å². The summed E-state index contributed by atoms with van der Waals surface area (Å²) in [5.74, 6) is -1.78. The number of amides is 4. The number of carbonyl (C=O) groups excluding carboxylic acids is 4. The van der Waals surface area contributed by atoms with E-state index in [4.69, 9.17) is 4.74 Å². The van der Waals surface area contributed by atoms with Crippen molar-refractivity contribution < 1.29 is 28.3 Å². The Morgan fingerprint density at radius 3 is 2.73 bits per heavy atom. The van der Waals surface area contributed by atoms with Gasteiger partial charge in [-0.1, -0.05) is 38.5 Å². The summed E-state index contributed by atoms with van der Waals surface area (Å²) in [4.78, 5) is 57.0. The largest absolute Gasteiger partial charge is 0.369 e. The number of H-pyrrole nitrogens is 1. The van der Waals surface area contributed by atoms with Crippen LogP contribution in [0.5, 0.6) is 0 Å². The fourth-order valence-electron chi connectivity index (χ4n) is 5.59. The van der Waals surface area contributed by atoms with E-state index in [0.717, 1.165) is 16.8 Å². The Kier molecular flexibility index (Phi) is 10.0. The number of rotatable bonds is 13. The lowest BCUT2D eigenvalue weighted by Crippen LogP contribution is -2.59. The average molecular weight is 572 g/mol. The third kappa shape index (κ3) is 6.55. The predicted octanol–water partition coefficient (Wildman–Crippen LogP) is 1.06. The van der Waals surface area contributed by atoms with Gasteiger partial charge in [0.15, 0.2) is 0 Å². The molecule has 0 saturated carbocycles. The van der Waals surface area contributed by atoms with Crippen molar-refractivity contribution in [3.8, 4) is 0 Å². The zero-order valence-corrected chi connectivity index (χ0v) is 23.7. The molecule has 3 N–H and O–H groups in total. The number of carbonyl (C=O) groups is 4. The van der Waals surface area contributed by atoms with Gasteiger partial charge in [0.2, 0.25) is 23.6 Å². The highest BCUT2D eigenvalue weighted by molar-refractivity contribution is 6.08. The number of halogens is 1. The zero-order chi connectivity index (χ0) is 29.5. The first kappa shape index (κ1) is 30.1. The number of aromatic nitrogens is 3. The Morgan fingerprint density at radius 2 is 2.05 bits per heavy atom. The van der Waals surface area contributed by atoms with E-state index >= 15 is 0 Å². The fraction of sp³-hybridized carbons (Fsp3) is 0.571. The molecule has 4 atom stereocenters. The molecule has 0 saturated heterocycles. The molecule has 4 rings (SSSR count). The Balaban J connectivity index is 1.55. The summed E-state index contributed by atoms with van der Waals surface area (Å²) in [5.41, 5.74) is 3.12. The predicted molar refractivity (Wildman–Crippen MR) is 147 cm³/mol. The highest BCUT2D eigenvalue weighted by Crippen LogP contribution is 2.39. The van der Waals surface area contributed by atoms with Crippen molar-refractivity contribution in [1.82, 2.24) is 30.9 Å². The number of nitrogens with one attached hydrogen (secondary N) is 3. The van der Waals surface area contributed by atoms with Crippen LogP contribution >= 0.6 is 0 Å². The van der Waals surface area contributed by atoms with Crippen molar-refractivity contribution in [3.05, 3.63) is 41.2 Å². The Bertz CT molecular complexity index is 1240. The molecule has 4 amide bonds. The SMILES string of the molecule is CC[C@H](C)[C@@H](C(=O)N[C@H]1CCc2cccc3c2N(C1=O)[C@H](C(=O)NCc1cn[nH]n1)C3)N(CC)C(=O)COCCF. The van der Waals surface area contributed by atoms with Crippen LogP contribution in [0.15, 0.2) is 24.4 Å². The maximum absolute atomic E-state index is 14.0. The summed E-state index contributed by atoms with van der Waals surface area (Å²) in [7, 11) is 0. The molecule has 0 fully saturated rings. The van der Waals surface area contributed by atoms with Gasteiger partial charge in [0, 0.05) is 13.0 Å². The number of aromatic amines is 1. The number of likely N-dealkylation sites (N-methyl/N-ethyl adjacent to an activating group) is 1. The minimum Gasteiger partial charge on any atom is -0.369 e. The van der Waals surface area contributed by atoms with Gasteiger partial charge in [0.05, 0.1) is 25.0 Å². The van der Waals surface area contributed by atoms with Crippen LogP contribution in [0.1, 0.15) is 50.4 Å². The third-order valence-corrected chi connectivity index (χ3v) is 7.83. The van der Waals surface area contributed by atoms with Crippen LogP contribution in [0, 0.1) is 5.92 Å². The fourth-order valence-corrected chi connectivity index (χ4v) is 5.59. The quantitative estimate of drug-likeness (QED) is 0.304. The van der Waals surface area contributed by atoms with Crippen LogP contribution in [-0.2, 0) is 43.3 Å². The smallest absolute Gasteiger partial charge is 0.250 e. The van der Waals surface area contributed by atoms with Gasteiger partial charge in [0.25, 0.3) is 0 Å². The maximum Gasteiger partial charge on any atom is 0.250 e. The second kappa shape index (κ2) is 13.7. The summed E-state index contributed by atoms with van der Waals surface area (Å²) in [6, 6.07) is 3.25. The van der Waals surface area contributed by atoms with Gasteiger partial charge in [-0.15, -0.1) is 0 Å². The first-order chi connectivity index (χ1) is 19.8. The molecule has 0 aliphatic carbocycles. The van der Waals surface area contributed by atoms with Gasteiger partial charge in [-0.25, -0.2) is 4.39 Å². The number of alkyl halides is 1. The molecular formula is C28H38FN7O5.